The first-order valence-corrected chi connectivity index (χ1v) is 20.3. The zero-order chi connectivity index (χ0) is 33.6. The number of esters is 1. The van der Waals surface area contributed by atoms with Gasteiger partial charge in [-0.3, -0.25) is 4.79 Å². The Morgan fingerprint density at radius 3 is 1.26 bits per heavy atom. The molecule has 0 aliphatic rings. The van der Waals surface area contributed by atoms with Gasteiger partial charge in [0, 0.05) is 6.42 Å². The van der Waals surface area contributed by atoms with Gasteiger partial charge in [0.2, 0.25) is 0 Å². The fourth-order valence-corrected chi connectivity index (χ4v) is 6.12. The lowest BCUT2D eigenvalue weighted by molar-refractivity contribution is -0.164. The summed E-state index contributed by atoms with van der Waals surface area (Å²) in [6.07, 6.45) is 47.9. The van der Waals surface area contributed by atoms with Crippen molar-refractivity contribution in [1.82, 2.24) is 0 Å². The number of unbranched alkanes of at least 4 members (excludes halogenated alkanes) is 27. The fourth-order valence-electron chi connectivity index (χ4n) is 6.12. The molecule has 0 bridgehead atoms. The molecule has 0 fully saturated rings. The Morgan fingerprint density at radius 1 is 0.478 bits per heavy atom. The number of rotatable bonds is 37. The highest BCUT2D eigenvalue weighted by Crippen LogP contribution is 2.16. The molecule has 0 radical (unpaired) electrons. The van der Waals surface area contributed by atoms with Gasteiger partial charge in [0.1, 0.15) is 0 Å². The van der Waals surface area contributed by atoms with Gasteiger partial charge in [-0.05, 0) is 51.4 Å². The molecule has 1 unspecified atom stereocenters. The average Bonchev–Trinajstić information content (AvgIpc) is 3.05. The molecule has 46 heavy (non-hydrogen) atoms. The second-order valence-electron chi connectivity index (χ2n) is 13.8. The minimum atomic E-state index is -1.01. The normalized spacial score (nSPS) is 12.4. The minimum absolute atomic E-state index is 0.334. The first-order valence-electron chi connectivity index (χ1n) is 20.3. The van der Waals surface area contributed by atoms with Gasteiger partial charge >= 0.3 is 11.9 Å². The van der Waals surface area contributed by atoms with Crippen molar-refractivity contribution in [2.45, 2.75) is 232 Å². The van der Waals surface area contributed by atoms with E-state index in [4.69, 9.17) is 4.74 Å². The molecule has 1 N–H and O–H groups in total. The van der Waals surface area contributed by atoms with Crippen molar-refractivity contribution < 1.29 is 19.4 Å². The molecule has 4 nitrogen and oxygen atoms in total. The van der Waals surface area contributed by atoms with E-state index in [0.717, 1.165) is 44.9 Å². The van der Waals surface area contributed by atoms with E-state index < -0.39 is 12.1 Å². The Hall–Kier alpha value is -1.58. The standard InChI is InChI=1S/C42H78O4/c1-3-5-7-9-11-13-15-17-19-21-23-24-26-28-30-32-34-36-38-40(42(44)45)46-41(43)39-37-35-33-31-29-27-25-22-20-18-16-14-12-10-8-6-4-2/h12,14,18,20,40H,3-11,13,15-17,19,21-39H2,1-2H3,(H,44,45)/b14-12-,20-18-. The number of carboxylic acid groups (broad SMARTS) is 1. The maximum atomic E-state index is 12.2. The van der Waals surface area contributed by atoms with Crippen LogP contribution in [0.1, 0.15) is 226 Å². The smallest absolute Gasteiger partial charge is 0.345 e. The Bertz CT molecular complexity index is 698. The fraction of sp³-hybridized carbons (Fsp3) is 0.857. The predicted molar refractivity (Wildman–Crippen MR) is 200 cm³/mol. The van der Waals surface area contributed by atoms with Gasteiger partial charge in [-0.15, -0.1) is 0 Å². The molecule has 0 aliphatic carbocycles. The van der Waals surface area contributed by atoms with Gasteiger partial charge < -0.3 is 9.84 Å². The molecule has 0 aliphatic heterocycles. The summed E-state index contributed by atoms with van der Waals surface area (Å²) in [7, 11) is 0. The second-order valence-corrected chi connectivity index (χ2v) is 13.8. The summed E-state index contributed by atoms with van der Waals surface area (Å²) < 4.78 is 5.32. The van der Waals surface area contributed by atoms with Crippen LogP contribution in [0.15, 0.2) is 24.3 Å². The van der Waals surface area contributed by atoms with E-state index in [1.165, 1.54) is 154 Å². The van der Waals surface area contributed by atoms with Crippen LogP contribution in [0, 0.1) is 0 Å². The summed E-state index contributed by atoms with van der Waals surface area (Å²) in [5.41, 5.74) is 0. The molecule has 0 spiro atoms. The number of carbonyl (C=O) groups is 2. The predicted octanol–water partition coefficient (Wildman–Crippen LogP) is 14.0. The van der Waals surface area contributed by atoms with Crippen LogP contribution in [0.4, 0.5) is 0 Å². The maximum Gasteiger partial charge on any atom is 0.345 e. The Labute approximate surface area is 287 Å². The number of aliphatic carboxylic acids is 1. The van der Waals surface area contributed by atoms with Gasteiger partial charge in [0.25, 0.3) is 0 Å². The highest BCUT2D eigenvalue weighted by molar-refractivity contribution is 5.77. The van der Waals surface area contributed by atoms with Gasteiger partial charge in [0.05, 0.1) is 0 Å². The van der Waals surface area contributed by atoms with Crippen molar-refractivity contribution >= 4 is 11.9 Å². The van der Waals surface area contributed by atoms with Crippen LogP contribution < -0.4 is 0 Å². The lowest BCUT2D eigenvalue weighted by Gasteiger charge is -2.13. The molecule has 0 rings (SSSR count). The van der Waals surface area contributed by atoms with Crippen molar-refractivity contribution in [3.05, 3.63) is 24.3 Å². The summed E-state index contributed by atoms with van der Waals surface area (Å²) >= 11 is 0. The highest BCUT2D eigenvalue weighted by Gasteiger charge is 2.21. The Kier molecular flexibility index (Phi) is 36.6. The van der Waals surface area contributed by atoms with E-state index in [9.17, 15) is 14.7 Å². The zero-order valence-electron chi connectivity index (χ0n) is 30.9. The molecular weight excluding hydrogens is 568 g/mol. The topological polar surface area (TPSA) is 63.6 Å². The SMILES string of the molecule is CCCCC/C=C\C/C=C\CCCCCCCCCC(=O)OC(CCCCCCCCCCCCCCCCCCCC)C(=O)O. The molecule has 0 saturated carbocycles. The van der Waals surface area contributed by atoms with Gasteiger partial charge in [0.15, 0.2) is 6.10 Å². The van der Waals surface area contributed by atoms with Crippen molar-refractivity contribution in [3.8, 4) is 0 Å². The second kappa shape index (κ2) is 37.9. The Morgan fingerprint density at radius 2 is 0.826 bits per heavy atom. The van der Waals surface area contributed by atoms with Crippen LogP contribution in [-0.4, -0.2) is 23.1 Å². The quantitative estimate of drug-likeness (QED) is 0.0414. The largest absolute Gasteiger partial charge is 0.479 e. The van der Waals surface area contributed by atoms with E-state index in [1.54, 1.807) is 0 Å². The van der Waals surface area contributed by atoms with E-state index in [2.05, 4.69) is 38.2 Å². The van der Waals surface area contributed by atoms with Gasteiger partial charge in [-0.2, -0.15) is 0 Å². The molecule has 0 heterocycles. The van der Waals surface area contributed by atoms with Gasteiger partial charge in [-0.1, -0.05) is 192 Å². The summed E-state index contributed by atoms with van der Waals surface area (Å²) in [5.74, 6) is -1.36. The third-order valence-electron chi connectivity index (χ3n) is 9.20. The van der Waals surface area contributed by atoms with Crippen LogP contribution in [0.3, 0.4) is 0 Å². The number of hydrogen-bond donors (Lipinski definition) is 1. The molecule has 1 atom stereocenters. The molecule has 0 aromatic carbocycles. The summed E-state index contributed by atoms with van der Waals surface area (Å²) in [5, 5.41) is 9.50. The number of carboxylic acids is 1. The minimum Gasteiger partial charge on any atom is -0.479 e. The van der Waals surface area contributed by atoms with E-state index in [1.807, 2.05) is 0 Å². The molecular formula is C42H78O4. The van der Waals surface area contributed by atoms with Crippen LogP contribution in [-0.2, 0) is 14.3 Å². The summed E-state index contributed by atoms with van der Waals surface area (Å²) in [4.78, 5) is 23.8. The van der Waals surface area contributed by atoms with Crippen LogP contribution in [0.2, 0.25) is 0 Å². The molecule has 0 aromatic rings. The molecule has 0 aromatic heterocycles. The monoisotopic (exact) mass is 647 g/mol. The van der Waals surface area contributed by atoms with Crippen molar-refractivity contribution in [2.24, 2.45) is 0 Å². The lowest BCUT2D eigenvalue weighted by atomic mass is 10.0. The maximum absolute atomic E-state index is 12.2. The van der Waals surface area contributed by atoms with E-state index >= 15 is 0 Å². The Balaban J connectivity index is 3.54. The third kappa shape index (κ3) is 35.3. The van der Waals surface area contributed by atoms with Crippen molar-refractivity contribution in [2.75, 3.05) is 0 Å². The molecule has 4 heteroatoms. The molecule has 0 saturated heterocycles. The third-order valence-corrected chi connectivity index (χ3v) is 9.20. The zero-order valence-corrected chi connectivity index (χ0v) is 30.9. The number of carbonyl (C=O) groups excluding carboxylic acids is 1. The van der Waals surface area contributed by atoms with Crippen molar-refractivity contribution in [1.29, 1.82) is 0 Å². The summed E-state index contributed by atoms with van der Waals surface area (Å²) in [6, 6.07) is 0. The van der Waals surface area contributed by atoms with Crippen LogP contribution in [0.5, 0.6) is 0 Å². The number of ether oxygens (including phenoxy) is 1. The first kappa shape index (κ1) is 44.4. The highest BCUT2D eigenvalue weighted by atomic mass is 16.6. The van der Waals surface area contributed by atoms with Crippen LogP contribution in [0.25, 0.3) is 0 Å². The number of allylic oxidation sites excluding steroid dienone is 4. The lowest BCUT2D eigenvalue weighted by Crippen LogP contribution is -2.27. The number of hydrogen-bond acceptors (Lipinski definition) is 3. The molecule has 0 amide bonds. The first-order chi connectivity index (χ1) is 22.6. The average molecular weight is 647 g/mol. The van der Waals surface area contributed by atoms with Gasteiger partial charge in [-0.25, -0.2) is 4.79 Å². The van der Waals surface area contributed by atoms with Crippen LogP contribution >= 0.6 is 0 Å². The van der Waals surface area contributed by atoms with E-state index in [-0.39, 0.29) is 5.97 Å². The molecule has 270 valence electrons. The van der Waals surface area contributed by atoms with E-state index in [0.29, 0.717) is 12.8 Å². The van der Waals surface area contributed by atoms with Crippen molar-refractivity contribution in [3.63, 3.8) is 0 Å². The summed E-state index contributed by atoms with van der Waals surface area (Å²) in [6.45, 7) is 4.52.